The van der Waals surface area contributed by atoms with Gasteiger partial charge in [0, 0.05) is 27.6 Å². The number of carbonyl (C=O) groups excluding carboxylic acids is 4. The van der Waals surface area contributed by atoms with Crippen molar-refractivity contribution in [3.63, 3.8) is 0 Å². The summed E-state index contributed by atoms with van der Waals surface area (Å²) < 4.78 is 0. The van der Waals surface area contributed by atoms with E-state index >= 15 is 0 Å². The van der Waals surface area contributed by atoms with Crippen LogP contribution in [0.4, 0.5) is 0 Å². The second-order valence-corrected chi connectivity index (χ2v) is 6.07. The summed E-state index contributed by atoms with van der Waals surface area (Å²) in [5.74, 6) is -1.32. The van der Waals surface area contributed by atoms with Crippen molar-refractivity contribution in [2.45, 2.75) is 0 Å². The van der Waals surface area contributed by atoms with Gasteiger partial charge in [0.15, 0.2) is 25.1 Å². The van der Waals surface area contributed by atoms with Crippen molar-refractivity contribution >= 4 is 63.4 Å². The summed E-state index contributed by atoms with van der Waals surface area (Å²) in [6.07, 6.45) is 1.61. The minimum Gasteiger partial charge on any atom is -0.478 e. The molecule has 0 spiro atoms. The van der Waals surface area contributed by atoms with Crippen molar-refractivity contribution in [3.05, 3.63) is 58.1 Å². The van der Waals surface area contributed by atoms with Gasteiger partial charge in [0.1, 0.15) is 0 Å². The lowest BCUT2D eigenvalue weighted by molar-refractivity contribution is 0.0696. The van der Waals surface area contributed by atoms with Crippen LogP contribution in [0.25, 0.3) is 32.3 Å². The van der Waals surface area contributed by atoms with Gasteiger partial charge in [-0.05, 0) is 26.9 Å². The molecule has 6 heteroatoms. The van der Waals surface area contributed by atoms with Crippen molar-refractivity contribution in [2.75, 3.05) is 0 Å². The van der Waals surface area contributed by atoms with Crippen molar-refractivity contribution < 1.29 is 29.1 Å². The minimum atomic E-state index is -1.32. The summed E-state index contributed by atoms with van der Waals surface area (Å²) in [7, 11) is 0. The maximum absolute atomic E-state index is 11.9. The highest BCUT2D eigenvalue weighted by molar-refractivity contribution is 6.35. The third kappa shape index (κ3) is 1.98. The molecule has 4 aromatic carbocycles. The number of aldehydes is 4. The first kappa shape index (κ1) is 16.5. The highest BCUT2D eigenvalue weighted by Gasteiger charge is 2.26. The number of rotatable bonds is 5. The second kappa shape index (κ2) is 5.81. The SMILES string of the molecule is O=Cc1c(C=O)c2ccc3cccc4c(C(=O)O)c(C=O)c(c1C=O)c2c34. The third-order valence-electron chi connectivity index (χ3n) is 4.93. The van der Waals surface area contributed by atoms with Gasteiger partial charge in [0.25, 0.3) is 0 Å². The number of aromatic carboxylic acids is 1. The average Bonchev–Trinajstić information content (AvgIpc) is 2.69. The third-order valence-corrected chi connectivity index (χ3v) is 4.93. The minimum absolute atomic E-state index is 0.0339. The van der Waals surface area contributed by atoms with Crippen LogP contribution < -0.4 is 0 Å². The lowest BCUT2D eigenvalue weighted by Gasteiger charge is -2.19. The van der Waals surface area contributed by atoms with Crippen molar-refractivity contribution in [2.24, 2.45) is 0 Å². The van der Waals surface area contributed by atoms with Gasteiger partial charge >= 0.3 is 5.97 Å². The number of benzene rings is 4. The Bertz CT molecular complexity index is 1320. The molecule has 0 aliphatic heterocycles. The molecule has 0 saturated carbocycles. The van der Waals surface area contributed by atoms with Crippen LogP contribution in [-0.4, -0.2) is 36.2 Å². The van der Waals surface area contributed by atoms with E-state index < -0.39 is 5.97 Å². The molecule has 4 aromatic rings. The average molecular weight is 358 g/mol. The zero-order valence-corrected chi connectivity index (χ0v) is 13.7. The molecule has 0 aromatic heterocycles. The van der Waals surface area contributed by atoms with Crippen LogP contribution in [0.3, 0.4) is 0 Å². The number of hydrogen-bond donors (Lipinski definition) is 1. The first-order chi connectivity index (χ1) is 13.1. The summed E-state index contributed by atoms with van der Waals surface area (Å²) in [5.41, 5.74) is -0.727. The molecule has 0 amide bonds. The molecule has 0 atom stereocenters. The summed E-state index contributed by atoms with van der Waals surface area (Å²) in [5, 5.41) is 12.2. The van der Waals surface area contributed by atoms with E-state index in [0.29, 0.717) is 52.1 Å². The Hall–Kier alpha value is -3.93. The summed E-state index contributed by atoms with van der Waals surface area (Å²) >= 11 is 0. The standard InChI is InChI=1S/C21H10O6/c22-6-13-11-5-4-10-2-1-3-12-17(10)20(11)18(15(8-24)14(13)7-23)16(9-25)19(12)21(26)27/h1-9H,(H,26,27). The molecule has 0 aliphatic rings. The number of carboxylic acids is 1. The van der Waals surface area contributed by atoms with Crippen LogP contribution in [0.15, 0.2) is 30.3 Å². The molecular weight excluding hydrogens is 348 g/mol. The van der Waals surface area contributed by atoms with Crippen LogP contribution in [0.5, 0.6) is 0 Å². The van der Waals surface area contributed by atoms with Crippen LogP contribution in [0.1, 0.15) is 51.8 Å². The van der Waals surface area contributed by atoms with Crippen LogP contribution in [-0.2, 0) is 0 Å². The molecule has 0 aliphatic carbocycles. The number of hydrogen-bond acceptors (Lipinski definition) is 5. The Morgan fingerprint density at radius 2 is 1.33 bits per heavy atom. The Kier molecular flexibility index (Phi) is 3.56. The maximum atomic E-state index is 11.9. The molecule has 4 rings (SSSR count). The molecule has 0 heterocycles. The van der Waals surface area contributed by atoms with Crippen LogP contribution in [0.2, 0.25) is 0 Å². The molecule has 0 bridgehead atoms. The zero-order chi connectivity index (χ0) is 19.3. The second-order valence-electron chi connectivity index (χ2n) is 6.07. The van der Waals surface area contributed by atoms with Gasteiger partial charge in [-0.3, -0.25) is 19.2 Å². The van der Waals surface area contributed by atoms with E-state index in [4.69, 9.17) is 0 Å². The highest BCUT2D eigenvalue weighted by Crippen LogP contribution is 2.42. The van der Waals surface area contributed by atoms with Crippen molar-refractivity contribution in [3.8, 4) is 0 Å². The lowest BCUT2D eigenvalue weighted by atomic mass is 9.82. The summed E-state index contributed by atoms with van der Waals surface area (Å²) in [6.45, 7) is 0. The largest absolute Gasteiger partial charge is 0.478 e. The van der Waals surface area contributed by atoms with Crippen LogP contribution in [0, 0.1) is 0 Å². The lowest BCUT2D eigenvalue weighted by Crippen LogP contribution is -2.09. The fourth-order valence-corrected chi connectivity index (χ4v) is 3.91. The van der Waals surface area contributed by atoms with E-state index in [0.717, 1.165) is 0 Å². The van der Waals surface area contributed by atoms with E-state index in [1.54, 1.807) is 30.3 Å². The smallest absolute Gasteiger partial charge is 0.337 e. The maximum Gasteiger partial charge on any atom is 0.337 e. The van der Waals surface area contributed by atoms with Gasteiger partial charge in [-0.1, -0.05) is 30.3 Å². The van der Waals surface area contributed by atoms with Crippen molar-refractivity contribution in [1.29, 1.82) is 0 Å². The Morgan fingerprint density at radius 1 is 0.667 bits per heavy atom. The van der Waals surface area contributed by atoms with E-state index in [9.17, 15) is 29.1 Å². The van der Waals surface area contributed by atoms with Crippen molar-refractivity contribution in [1.82, 2.24) is 0 Å². The number of carbonyl (C=O) groups is 5. The van der Waals surface area contributed by atoms with E-state index in [1.807, 2.05) is 0 Å². The molecule has 0 unspecified atom stereocenters. The van der Waals surface area contributed by atoms with Gasteiger partial charge in [-0.15, -0.1) is 0 Å². The van der Waals surface area contributed by atoms with E-state index in [-0.39, 0.29) is 33.2 Å². The fraction of sp³-hybridized carbons (Fsp3) is 0. The Labute approximate surface area is 151 Å². The highest BCUT2D eigenvalue weighted by atomic mass is 16.4. The van der Waals surface area contributed by atoms with Gasteiger partial charge in [0.05, 0.1) is 5.56 Å². The van der Waals surface area contributed by atoms with Gasteiger partial charge in [-0.25, -0.2) is 4.79 Å². The van der Waals surface area contributed by atoms with Crippen LogP contribution >= 0.6 is 0 Å². The molecular formula is C21H10O6. The monoisotopic (exact) mass is 358 g/mol. The predicted octanol–water partition coefficient (Wildman–Crippen LogP) is 3.53. The molecule has 0 radical (unpaired) electrons. The number of carboxylic acid groups (broad SMARTS) is 1. The Balaban J connectivity index is 2.55. The van der Waals surface area contributed by atoms with Gasteiger partial charge < -0.3 is 5.11 Å². The van der Waals surface area contributed by atoms with Gasteiger partial charge in [-0.2, -0.15) is 0 Å². The summed E-state index contributed by atoms with van der Waals surface area (Å²) in [6, 6.07) is 8.35. The van der Waals surface area contributed by atoms with E-state index in [2.05, 4.69) is 0 Å². The first-order valence-corrected chi connectivity index (χ1v) is 7.93. The molecule has 27 heavy (non-hydrogen) atoms. The normalized spacial score (nSPS) is 11.1. The zero-order valence-electron chi connectivity index (χ0n) is 13.7. The van der Waals surface area contributed by atoms with Gasteiger partial charge in [0.2, 0.25) is 0 Å². The molecule has 130 valence electrons. The Morgan fingerprint density at radius 3 is 1.93 bits per heavy atom. The molecule has 0 saturated heterocycles. The predicted molar refractivity (Wildman–Crippen MR) is 98.7 cm³/mol. The molecule has 1 N–H and O–H groups in total. The fourth-order valence-electron chi connectivity index (χ4n) is 3.91. The molecule has 6 nitrogen and oxygen atoms in total. The van der Waals surface area contributed by atoms with E-state index in [1.165, 1.54) is 0 Å². The first-order valence-electron chi connectivity index (χ1n) is 7.93. The topological polar surface area (TPSA) is 106 Å². The summed E-state index contributed by atoms with van der Waals surface area (Å²) in [4.78, 5) is 58.9. The quantitative estimate of drug-likeness (QED) is 0.432. The molecule has 0 fully saturated rings.